The van der Waals surface area contributed by atoms with E-state index in [9.17, 15) is 18.4 Å². The molecule has 1 atom stereocenters. The highest BCUT2D eigenvalue weighted by molar-refractivity contribution is 5.81. The number of benzene rings is 1. The summed E-state index contributed by atoms with van der Waals surface area (Å²) < 4.78 is 34.7. The summed E-state index contributed by atoms with van der Waals surface area (Å²) in [5.74, 6) is -1.90. The number of nitrogens with zero attached hydrogens (tertiary/aromatic N) is 3. The molecule has 0 saturated carbocycles. The molecule has 162 valence electrons. The second-order valence-corrected chi connectivity index (χ2v) is 7.78. The summed E-state index contributed by atoms with van der Waals surface area (Å²) in [6, 6.07) is 5.21. The molecular formula is C22H27F2N3O3. The highest BCUT2D eigenvalue weighted by Gasteiger charge is 2.45. The van der Waals surface area contributed by atoms with Crippen molar-refractivity contribution in [2.45, 2.75) is 46.1 Å². The maximum atomic E-state index is 14.3. The van der Waals surface area contributed by atoms with Crippen LogP contribution in [0.4, 0.5) is 8.78 Å². The van der Waals surface area contributed by atoms with Gasteiger partial charge in [0.25, 0.3) is 0 Å². The monoisotopic (exact) mass is 419 g/mol. The lowest BCUT2D eigenvalue weighted by molar-refractivity contribution is -0.160. The van der Waals surface area contributed by atoms with Crippen molar-refractivity contribution in [2.75, 3.05) is 19.7 Å². The predicted octanol–water partition coefficient (Wildman–Crippen LogP) is 3.27. The summed E-state index contributed by atoms with van der Waals surface area (Å²) in [5.41, 5.74) is 0.157. The van der Waals surface area contributed by atoms with E-state index < -0.39 is 23.0 Å². The SMILES string of the molecule is CCOC(=O)[C@@]1(Cc2ccc(F)cc2F)CCCN(C(=O)CCn2nccc2C)C1. The van der Waals surface area contributed by atoms with Crippen molar-refractivity contribution in [3.8, 4) is 0 Å². The van der Waals surface area contributed by atoms with Crippen molar-refractivity contribution in [1.29, 1.82) is 0 Å². The van der Waals surface area contributed by atoms with Gasteiger partial charge in [0.05, 0.1) is 12.0 Å². The molecular weight excluding hydrogens is 392 g/mol. The van der Waals surface area contributed by atoms with E-state index in [-0.39, 0.29) is 37.5 Å². The predicted molar refractivity (Wildman–Crippen MR) is 107 cm³/mol. The van der Waals surface area contributed by atoms with Crippen LogP contribution in [0, 0.1) is 24.0 Å². The zero-order valence-corrected chi connectivity index (χ0v) is 17.4. The van der Waals surface area contributed by atoms with Crippen LogP contribution in [-0.2, 0) is 27.3 Å². The van der Waals surface area contributed by atoms with Gasteiger partial charge < -0.3 is 9.64 Å². The Bertz CT molecular complexity index is 915. The molecule has 1 aromatic heterocycles. The summed E-state index contributed by atoms with van der Waals surface area (Å²) in [6.45, 7) is 4.96. The topological polar surface area (TPSA) is 64.4 Å². The molecule has 30 heavy (non-hydrogen) atoms. The van der Waals surface area contributed by atoms with Gasteiger partial charge in [0.15, 0.2) is 0 Å². The van der Waals surface area contributed by atoms with E-state index in [4.69, 9.17) is 4.74 Å². The van der Waals surface area contributed by atoms with E-state index in [0.717, 1.165) is 11.8 Å². The van der Waals surface area contributed by atoms with Crippen LogP contribution in [0.1, 0.15) is 37.4 Å². The lowest BCUT2D eigenvalue weighted by Gasteiger charge is -2.41. The Labute approximate surface area is 174 Å². The number of halogens is 2. The fourth-order valence-corrected chi connectivity index (χ4v) is 4.03. The van der Waals surface area contributed by atoms with Crippen LogP contribution in [0.3, 0.4) is 0 Å². The molecule has 0 unspecified atom stereocenters. The Hall–Kier alpha value is -2.77. The van der Waals surface area contributed by atoms with Crippen LogP contribution in [0.15, 0.2) is 30.5 Å². The quantitative estimate of drug-likeness (QED) is 0.646. The molecule has 8 heteroatoms. The maximum Gasteiger partial charge on any atom is 0.314 e. The molecule has 3 rings (SSSR count). The Balaban J connectivity index is 1.77. The second kappa shape index (κ2) is 9.36. The molecule has 6 nitrogen and oxygen atoms in total. The number of aromatic nitrogens is 2. The number of aryl methyl sites for hydroxylation is 2. The third-order valence-corrected chi connectivity index (χ3v) is 5.65. The molecule has 1 amide bonds. The lowest BCUT2D eigenvalue weighted by Crippen LogP contribution is -2.51. The molecule has 1 saturated heterocycles. The van der Waals surface area contributed by atoms with Crippen molar-refractivity contribution >= 4 is 11.9 Å². The number of ether oxygens (including phenoxy) is 1. The summed E-state index contributed by atoms with van der Waals surface area (Å²) in [7, 11) is 0. The fraction of sp³-hybridized carbons (Fsp3) is 0.500. The van der Waals surface area contributed by atoms with Gasteiger partial charge in [0.1, 0.15) is 11.6 Å². The molecule has 1 aliphatic rings. The van der Waals surface area contributed by atoms with Crippen molar-refractivity contribution in [3.63, 3.8) is 0 Å². The van der Waals surface area contributed by atoms with Crippen LogP contribution in [-0.4, -0.2) is 46.3 Å². The number of esters is 1. The summed E-state index contributed by atoms with van der Waals surface area (Å²) >= 11 is 0. The van der Waals surface area contributed by atoms with Gasteiger partial charge in [0.2, 0.25) is 5.91 Å². The normalized spacial score (nSPS) is 19.0. The van der Waals surface area contributed by atoms with Crippen molar-refractivity contribution in [3.05, 3.63) is 53.4 Å². The molecule has 2 heterocycles. The average Bonchev–Trinajstić information content (AvgIpc) is 3.13. The summed E-state index contributed by atoms with van der Waals surface area (Å²) in [6.07, 6.45) is 3.08. The lowest BCUT2D eigenvalue weighted by atomic mass is 9.74. The average molecular weight is 419 g/mol. The largest absolute Gasteiger partial charge is 0.466 e. The van der Waals surface area contributed by atoms with Crippen LogP contribution in [0.5, 0.6) is 0 Å². The van der Waals surface area contributed by atoms with E-state index in [2.05, 4.69) is 5.10 Å². The Morgan fingerprint density at radius 2 is 2.07 bits per heavy atom. The summed E-state index contributed by atoms with van der Waals surface area (Å²) in [5, 5.41) is 4.19. The van der Waals surface area contributed by atoms with Crippen molar-refractivity contribution in [1.82, 2.24) is 14.7 Å². The molecule has 2 aromatic rings. The van der Waals surface area contributed by atoms with Gasteiger partial charge in [-0.3, -0.25) is 14.3 Å². The highest BCUT2D eigenvalue weighted by Crippen LogP contribution is 2.36. The number of carbonyl (C=O) groups excluding carboxylic acids is 2. The van der Waals surface area contributed by atoms with Gasteiger partial charge in [-0.2, -0.15) is 5.10 Å². The molecule has 0 aliphatic carbocycles. The van der Waals surface area contributed by atoms with Crippen LogP contribution in [0.2, 0.25) is 0 Å². The first-order chi connectivity index (χ1) is 14.3. The number of hydrogen-bond acceptors (Lipinski definition) is 4. The Kier molecular flexibility index (Phi) is 6.84. The fourth-order valence-electron chi connectivity index (χ4n) is 4.03. The molecule has 0 radical (unpaired) electrons. The third kappa shape index (κ3) is 4.86. The van der Waals surface area contributed by atoms with Crippen LogP contribution < -0.4 is 0 Å². The van der Waals surface area contributed by atoms with Gasteiger partial charge in [0, 0.05) is 44.0 Å². The number of rotatable bonds is 7. The van der Waals surface area contributed by atoms with Gasteiger partial charge in [-0.25, -0.2) is 8.78 Å². The number of piperidine rings is 1. The highest BCUT2D eigenvalue weighted by atomic mass is 19.1. The third-order valence-electron chi connectivity index (χ3n) is 5.65. The van der Waals surface area contributed by atoms with Crippen LogP contribution >= 0.6 is 0 Å². The van der Waals surface area contributed by atoms with Crippen molar-refractivity contribution in [2.24, 2.45) is 5.41 Å². The minimum Gasteiger partial charge on any atom is -0.466 e. The number of amides is 1. The first kappa shape index (κ1) is 21.9. The molecule has 0 spiro atoms. The first-order valence-corrected chi connectivity index (χ1v) is 10.2. The number of carbonyl (C=O) groups is 2. The molecule has 1 fully saturated rings. The minimum absolute atomic E-state index is 0.0555. The van der Waals surface area contributed by atoms with Gasteiger partial charge >= 0.3 is 5.97 Å². The van der Waals surface area contributed by atoms with E-state index in [0.29, 0.717) is 25.9 Å². The van der Waals surface area contributed by atoms with Crippen LogP contribution in [0.25, 0.3) is 0 Å². The molecule has 1 aliphatic heterocycles. The molecule has 1 aromatic carbocycles. The van der Waals surface area contributed by atoms with E-state index in [1.165, 1.54) is 12.1 Å². The van der Waals surface area contributed by atoms with Crippen molar-refractivity contribution < 1.29 is 23.1 Å². The zero-order valence-electron chi connectivity index (χ0n) is 17.4. The molecule has 0 N–H and O–H groups in total. The van der Waals surface area contributed by atoms with E-state index in [1.54, 1.807) is 22.7 Å². The maximum absolute atomic E-state index is 14.3. The zero-order chi connectivity index (χ0) is 21.7. The molecule has 0 bridgehead atoms. The summed E-state index contributed by atoms with van der Waals surface area (Å²) in [4.78, 5) is 27.4. The smallest absolute Gasteiger partial charge is 0.314 e. The Morgan fingerprint density at radius 1 is 1.27 bits per heavy atom. The number of hydrogen-bond donors (Lipinski definition) is 0. The van der Waals surface area contributed by atoms with E-state index >= 15 is 0 Å². The van der Waals surface area contributed by atoms with Gasteiger partial charge in [-0.1, -0.05) is 6.07 Å². The Morgan fingerprint density at radius 3 is 2.73 bits per heavy atom. The first-order valence-electron chi connectivity index (χ1n) is 10.2. The minimum atomic E-state index is -1.05. The number of likely N-dealkylation sites (tertiary alicyclic amines) is 1. The second-order valence-electron chi connectivity index (χ2n) is 7.78. The van der Waals surface area contributed by atoms with Gasteiger partial charge in [-0.15, -0.1) is 0 Å². The van der Waals surface area contributed by atoms with Gasteiger partial charge in [-0.05, 0) is 50.8 Å². The standard InChI is InChI=1S/C22H27F2N3O3/c1-3-30-21(29)22(14-17-5-6-18(23)13-19(17)24)9-4-11-26(15-22)20(28)8-12-27-16(2)7-10-25-27/h5-7,10,13H,3-4,8-9,11-12,14-15H2,1-2H3/t22-/m1/s1. The van der Waals surface area contributed by atoms with E-state index in [1.807, 2.05) is 13.0 Å².